The fourth-order valence-electron chi connectivity index (χ4n) is 7.86. The van der Waals surface area contributed by atoms with Gasteiger partial charge in [0.05, 0.1) is 25.4 Å². The zero-order valence-electron chi connectivity index (χ0n) is 25.7. The van der Waals surface area contributed by atoms with Crippen molar-refractivity contribution in [3.05, 3.63) is 24.3 Å². The molecule has 3 saturated carbocycles. The largest absolute Gasteiger partial charge is 0.462 e. The summed E-state index contributed by atoms with van der Waals surface area (Å²) in [5.41, 5.74) is 0.418. The summed E-state index contributed by atoms with van der Waals surface area (Å²) in [6.07, 6.45) is 23.3. The Labute approximate surface area is 244 Å². The highest BCUT2D eigenvalue weighted by Crippen LogP contribution is 2.47. The van der Waals surface area contributed by atoms with E-state index in [1.807, 2.05) is 0 Å². The molecule has 0 heterocycles. The molecular formula is C35H58O5. The predicted octanol–water partition coefficient (Wildman–Crippen LogP) is 8.20. The van der Waals surface area contributed by atoms with Crippen LogP contribution >= 0.6 is 0 Å². The third kappa shape index (κ3) is 11.0. The maximum absolute atomic E-state index is 12.0. The summed E-state index contributed by atoms with van der Waals surface area (Å²) in [5, 5.41) is 9.16. The van der Waals surface area contributed by atoms with E-state index in [4.69, 9.17) is 14.6 Å². The molecule has 0 aromatic heterocycles. The van der Waals surface area contributed by atoms with Crippen LogP contribution < -0.4 is 0 Å². The van der Waals surface area contributed by atoms with Gasteiger partial charge in [-0.05, 0) is 74.5 Å². The van der Waals surface area contributed by atoms with Crippen molar-refractivity contribution in [3.63, 3.8) is 0 Å². The normalized spacial score (nSPS) is 29.2. The predicted molar refractivity (Wildman–Crippen MR) is 162 cm³/mol. The Balaban J connectivity index is 1.39. The lowest BCUT2D eigenvalue weighted by Gasteiger charge is -2.43. The Bertz CT molecular complexity index is 811. The molecule has 3 aliphatic rings. The van der Waals surface area contributed by atoms with E-state index in [0.717, 1.165) is 36.0 Å². The number of fused-ring (bicyclic) bond motifs is 1. The van der Waals surface area contributed by atoms with Gasteiger partial charge in [0.25, 0.3) is 0 Å². The molecule has 3 rings (SSSR count). The van der Waals surface area contributed by atoms with Crippen LogP contribution in [0.2, 0.25) is 0 Å². The van der Waals surface area contributed by atoms with Gasteiger partial charge < -0.3 is 14.6 Å². The van der Waals surface area contributed by atoms with Crippen LogP contribution in [-0.4, -0.2) is 36.9 Å². The molecule has 0 aromatic carbocycles. The highest BCUT2D eigenvalue weighted by atomic mass is 16.5. The van der Waals surface area contributed by atoms with E-state index in [9.17, 15) is 9.59 Å². The first kappa shape index (κ1) is 32.9. The molecular weight excluding hydrogens is 500 g/mol. The van der Waals surface area contributed by atoms with E-state index >= 15 is 0 Å². The summed E-state index contributed by atoms with van der Waals surface area (Å²) in [6.45, 7) is 11.1. The lowest BCUT2D eigenvalue weighted by molar-refractivity contribution is -0.145. The van der Waals surface area contributed by atoms with E-state index in [1.54, 1.807) is 6.92 Å². The molecule has 5 atom stereocenters. The second-order valence-corrected chi connectivity index (χ2v) is 13.7. The maximum Gasteiger partial charge on any atom is 0.335 e. The fourth-order valence-corrected chi connectivity index (χ4v) is 7.86. The van der Waals surface area contributed by atoms with Gasteiger partial charge in [-0.3, -0.25) is 0 Å². The summed E-state index contributed by atoms with van der Waals surface area (Å²) in [4.78, 5) is 24.0. The number of unbranched alkanes of at least 4 members (excludes halogenated alkanes) is 2. The van der Waals surface area contributed by atoms with Crippen molar-refractivity contribution >= 4 is 11.9 Å². The molecule has 0 spiro atoms. The third-order valence-electron chi connectivity index (χ3n) is 10.4. The molecule has 3 fully saturated rings. The third-order valence-corrected chi connectivity index (χ3v) is 10.4. The molecule has 0 saturated heterocycles. The Morgan fingerprint density at radius 3 is 1.88 bits per heavy atom. The lowest BCUT2D eigenvalue weighted by atomic mass is 9.63. The van der Waals surface area contributed by atoms with Crippen molar-refractivity contribution in [2.24, 2.45) is 41.4 Å². The molecule has 0 bridgehead atoms. The number of hydrogen-bond donors (Lipinski definition) is 1. The molecule has 3 aliphatic carbocycles. The molecule has 0 radical (unpaired) electrons. The lowest BCUT2D eigenvalue weighted by Crippen LogP contribution is -2.33. The molecule has 1 N–H and O–H groups in total. The summed E-state index contributed by atoms with van der Waals surface area (Å²) >= 11 is 0. The first-order chi connectivity index (χ1) is 19.3. The first-order valence-electron chi connectivity index (χ1n) is 16.6. The zero-order valence-corrected chi connectivity index (χ0v) is 25.7. The van der Waals surface area contributed by atoms with Crippen LogP contribution in [0.3, 0.4) is 0 Å². The molecule has 40 heavy (non-hydrogen) atoms. The van der Waals surface area contributed by atoms with E-state index in [2.05, 4.69) is 20.1 Å². The average molecular weight is 559 g/mol. The second kappa shape index (κ2) is 17.4. The monoisotopic (exact) mass is 558 g/mol. The van der Waals surface area contributed by atoms with Gasteiger partial charge in [-0.25, -0.2) is 9.59 Å². The van der Waals surface area contributed by atoms with Crippen LogP contribution in [0.15, 0.2) is 24.3 Å². The molecule has 5 heteroatoms. The molecule has 0 aromatic rings. The molecule has 5 nitrogen and oxygen atoms in total. The van der Waals surface area contributed by atoms with Crippen molar-refractivity contribution in [1.82, 2.24) is 0 Å². The zero-order chi connectivity index (χ0) is 28.9. The van der Waals surface area contributed by atoms with Gasteiger partial charge in [-0.15, -0.1) is 0 Å². The molecule has 5 unspecified atom stereocenters. The molecule has 0 aliphatic heterocycles. The highest BCUT2D eigenvalue weighted by molar-refractivity contribution is 5.88. The Morgan fingerprint density at radius 1 is 0.750 bits per heavy atom. The topological polar surface area (TPSA) is 72.8 Å². The first-order valence-corrected chi connectivity index (χ1v) is 16.6. The van der Waals surface area contributed by atoms with Gasteiger partial charge in [-0.2, -0.15) is 0 Å². The van der Waals surface area contributed by atoms with Crippen LogP contribution in [0.1, 0.15) is 123 Å². The number of carbonyl (C=O) groups is 2. The van der Waals surface area contributed by atoms with Gasteiger partial charge >= 0.3 is 11.9 Å². The quantitative estimate of drug-likeness (QED) is 0.117. The summed E-state index contributed by atoms with van der Waals surface area (Å²) in [6, 6.07) is 0. The van der Waals surface area contributed by atoms with Gasteiger partial charge in [-0.1, -0.05) is 97.1 Å². The van der Waals surface area contributed by atoms with Gasteiger partial charge in [0.2, 0.25) is 0 Å². The van der Waals surface area contributed by atoms with E-state index in [-0.39, 0.29) is 24.7 Å². The average Bonchev–Trinajstić information content (AvgIpc) is 2.97. The Kier molecular flexibility index (Phi) is 14.3. The highest BCUT2D eigenvalue weighted by Gasteiger charge is 2.36. The van der Waals surface area contributed by atoms with Crippen molar-refractivity contribution in [1.29, 1.82) is 0 Å². The number of rotatable bonds is 16. The van der Waals surface area contributed by atoms with Crippen LogP contribution in [0.4, 0.5) is 0 Å². The van der Waals surface area contributed by atoms with Crippen molar-refractivity contribution in [3.8, 4) is 0 Å². The minimum Gasteiger partial charge on any atom is -0.462 e. The maximum atomic E-state index is 12.0. The number of hydrogen-bond acceptors (Lipinski definition) is 5. The van der Waals surface area contributed by atoms with Gasteiger partial charge in [0, 0.05) is 11.5 Å². The minimum atomic E-state index is -0.583. The minimum absolute atomic E-state index is 0.0463. The number of aliphatic hydroxyl groups excluding tert-OH is 1. The van der Waals surface area contributed by atoms with Crippen molar-refractivity contribution < 1.29 is 24.2 Å². The molecule has 228 valence electrons. The van der Waals surface area contributed by atoms with Gasteiger partial charge in [0.15, 0.2) is 0 Å². The van der Waals surface area contributed by atoms with Crippen LogP contribution in [0, 0.1) is 41.4 Å². The molecule has 0 amide bonds. The number of aliphatic hydroxyl groups is 1. The Hall–Kier alpha value is -1.62. The van der Waals surface area contributed by atoms with E-state index < -0.39 is 18.5 Å². The summed E-state index contributed by atoms with van der Waals surface area (Å²) in [7, 11) is 0. The summed E-state index contributed by atoms with van der Waals surface area (Å²) in [5.74, 6) is 4.12. The standard InChI is InChI=1S/C35H58O5/c1-5-6-7-8-27-9-11-28(12-10-27)13-14-29-15-17-33-21-30(16-18-32(33)20-29)19-31(23-39-34(37)25(2)3)24-40-35(38)26(4)22-36/h27-33,36H,2,4-24H2,1,3H3. The Morgan fingerprint density at radius 2 is 1.27 bits per heavy atom. The fraction of sp³-hybridized carbons (Fsp3) is 0.829. The summed E-state index contributed by atoms with van der Waals surface area (Å²) < 4.78 is 10.9. The smallest absolute Gasteiger partial charge is 0.335 e. The van der Waals surface area contributed by atoms with Crippen LogP contribution in [0.25, 0.3) is 0 Å². The van der Waals surface area contributed by atoms with Gasteiger partial charge in [0.1, 0.15) is 0 Å². The van der Waals surface area contributed by atoms with Crippen LogP contribution in [-0.2, 0) is 19.1 Å². The number of ether oxygens (including phenoxy) is 2. The van der Waals surface area contributed by atoms with Crippen molar-refractivity contribution in [2.75, 3.05) is 19.8 Å². The van der Waals surface area contributed by atoms with Crippen LogP contribution in [0.5, 0.6) is 0 Å². The number of carbonyl (C=O) groups excluding carboxylic acids is 2. The number of esters is 2. The SMILES string of the molecule is C=C(C)C(=O)OCC(COC(=O)C(=C)CO)CC1CCC2CC(CCC3CCC(CCCCC)CC3)CCC2C1. The van der Waals surface area contributed by atoms with E-state index in [0.29, 0.717) is 11.5 Å². The van der Waals surface area contributed by atoms with Crippen molar-refractivity contribution in [2.45, 2.75) is 123 Å². The second-order valence-electron chi connectivity index (χ2n) is 13.7. The van der Waals surface area contributed by atoms with E-state index in [1.165, 1.54) is 103 Å².